The predicted molar refractivity (Wildman–Crippen MR) is 94.9 cm³/mol. The van der Waals surface area contributed by atoms with Crippen LogP contribution in [0.5, 0.6) is 0 Å². The molecule has 1 N–H and O–H groups in total. The number of aryl methyl sites for hydroxylation is 1. The second-order valence-electron chi connectivity index (χ2n) is 7.31. The van der Waals surface area contributed by atoms with E-state index in [9.17, 15) is 14.9 Å². The molecule has 0 radical (unpaired) electrons. The van der Waals surface area contributed by atoms with Crippen molar-refractivity contribution in [3.8, 4) is 0 Å². The molecule has 1 atom stereocenters. The normalized spacial score (nSPS) is 17.9. The molecule has 25 heavy (non-hydrogen) atoms. The third-order valence-corrected chi connectivity index (χ3v) is 4.07. The van der Waals surface area contributed by atoms with Crippen molar-refractivity contribution in [2.45, 2.75) is 58.6 Å². The van der Waals surface area contributed by atoms with Gasteiger partial charge in [0.1, 0.15) is 17.6 Å². The van der Waals surface area contributed by atoms with Crippen LogP contribution in [0.15, 0.2) is 12.3 Å². The van der Waals surface area contributed by atoms with E-state index < -0.39 is 16.6 Å². The summed E-state index contributed by atoms with van der Waals surface area (Å²) in [4.78, 5) is 28.8. The number of anilines is 1. The largest absolute Gasteiger partial charge is 0.444 e. The van der Waals surface area contributed by atoms with E-state index in [2.05, 4.69) is 15.2 Å². The van der Waals surface area contributed by atoms with Crippen molar-refractivity contribution < 1.29 is 14.5 Å². The molecular formula is C17H26N4O4. The number of hydrogen-bond donors (Lipinski definition) is 1. The maximum Gasteiger partial charge on any atom is 0.407 e. The number of carbonyl (C=O) groups excluding carboxylic acids is 1. The summed E-state index contributed by atoms with van der Waals surface area (Å²) in [5, 5.41) is 13.8. The number of nitrogens with zero attached hydrogens (tertiary/aromatic N) is 3. The summed E-state index contributed by atoms with van der Waals surface area (Å²) < 4.78 is 5.27. The van der Waals surface area contributed by atoms with Crippen molar-refractivity contribution in [3.63, 3.8) is 0 Å². The Bertz CT molecular complexity index is 642. The predicted octanol–water partition coefficient (Wildman–Crippen LogP) is 3.18. The summed E-state index contributed by atoms with van der Waals surface area (Å²) in [5.74, 6) is 0.707. The molecule has 1 unspecified atom stereocenters. The fourth-order valence-corrected chi connectivity index (χ4v) is 2.91. The molecule has 0 aromatic carbocycles. The molecule has 8 heteroatoms. The van der Waals surface area contributed by atoms with Gasteiger partial charge in [-0.2, -0.15) is 0 Å². The van der Waals surface area contributed by atoms with Gasteiger partial charge < -0.3 is 15.0 Å². The molecule has 138 valence electrons. The zero-order valence-corrected chi connectivity index (χ0v) is 15.2. The van der Waals surface area contributed by atoms with Crippen molar-refractivity contribution in [3.05, 3.63) is 27.9 Å². The van der Waals surface area contributed by atoms with Crippen LogP contribution in [0.2, 0.25) is 0 Å². The first-order valence-electron chi connectivity index (χ1n) is 8.52. The highest BCUT2D eigenvalue weighted by Crippen LogP contribution is 2.26. The molecule has 0 bridgehead atoms. The Kier molecular flexibility index (Phi) is 5.81. The first kappa shape index (κ1) is 19.0. The monoisotopic (exact) mass is 350 g/mol. The van der Waals surface area contributed by atoms with Gasteiger partial charge in [0.15, 0.2) is 0 Å². The quantitative estimate of drug-likeness (QED) is 0.661. The van der Waals surface area contributed by atoms with Crippen molar-refractivity contribution in [1.82, 2.24) is 10.3 Å². The van der Waals surface area contributed by atoms with Gasteiger partial charge in [-0.15, -0.1) is 0 Å². The third kappa shape index (κ3) is 5.30. The Morgan fingerprint density at radius 1 is 1.48 bits per heavy atom. The number of aromatic nitrogens is 1. The van der Waals surface area contributed by atoms with Crippen molar-refractivity contribution in [2.24, 2.45) is 0 Å². The summed E-state index contributed by atoms with van der Waals surface area (Å²) >= 11 is 0. The second kappa shape index (κ2) is 7.67. The number of nitro groups is 1. The zero-order chi connectivity index (χ0) is 18.6. The van der Waals surface area contributed by atoms with Gasteiger partial charge in [0, 0.05) is 24.7 Å². The van der Waals surface area contributed by atoms with Crippen LogP contribution >= 0.6 is 0 Å². The molecule has 8 nitrogen and oxygen atoms in total. The lowest BCUT2D eigenvalue weighted by molar-refractivity contribution is -0.385. The van der Waals surface area contributed by atoms with E-state index in [0.717, 1.165) is 25.8 Å². The standard InChI is InChI=1S/C17H26N4O4/c1-12-9-15(18-11-14(12)21(23)24)20-8-6-5-7-13(20)10-19-16(22)25-17(2,3)4/h9,11,13H,5-8,10H2,1-4H3,(H,19,22). The Balaban J connectivity index is 2.06. The number of nitrogens with one attached hydrogen (secondary N) is 1. The van der Waals surface area contributed by atoms with Gasteiger partial charge in [0.05, 0.1) is 4.92 Å². The number of pyridine rings is 1. The lowest BCUT2D eigenvalue weighted by Crippen LogP contribution is -2.48. The first-order valence-corrected chi connectivity index (χ1v) is 8.52. The maximum absolute atomic E-state index is 11.9. The lowest BCUT2D eigenvalue weighted by atomic mass is 10.0. The summed E-state index contributed by atoms with van der Waals surface area (Å²) in [6.07, 6.45) is 3.89. The van der Waals surface area contributed by atoms with Crippen molar-refractivity contribution >= 4 is 17.6 Å². The Morgan fingerprint density at radius 3 is 2.80 bits per heavy atom. The molecular weight excluding hydrogens is 324 g/mol. The topological polar surface area (TPSA) is 97.6 Å². The number of rotatable bonds is 4. The molecule has 2 heterocycles. The molecule has 1 aliphatic heterocycles. The fourth-order valence-electron chi connectivity index (χ4n) is 2.91. The maximum atomic E-state index is 11.9. The summed E-state index contributed by atoms with van der Waals surface area (Å²) in [6.45, 7) is 8.44. The molecule has 1 amide bonds. The average molecular weight is 350 g/mol. The molecule has 0 spiro atoms. The number of alkyl carbamates (subject to hydrolysis) is 1. The molecule has 0 saturated carbocycles. The SMILES string of the molecule is Cc1cc(N2CCCCC2CNC(=O)OC(C)(C)C)ncc1[N+](=O)[O-]. The minimum absolute atomic E-state index is 0.0178. The van der Waals surface area contributed by atoms with Crippen LogP contribution in [-0.4, -0.2) is 40.7 Å². The molecule has 1 saturated heterocycles. The minimum atomic E-state index is -0.534. The number of hydrogen-bond acceptors (Lipinski definition) is 6. The van der Waals surface area contributed by atoms with E-state index in [-0.39, 0.29) is 11.7 Å². The van der Waals surface area contributed by atoms with Gasteiger partial charge in [-0.3, -0.25) is 10.1 Å². The summed E-state index contributed by atoms with van der Waals surface area (Å²) in [5.41, 5.74) is 0.0662. The van der Waals surface area contributed by atoms with Gasteiger partial charge in [-0.1, -0.05) is 0 Å². The second-order valence-corrected chi connectivity index (χ2v) is 7.31. The first-order chi connectivity index (χ1) is 11.7. The van der Waals surface area contributed by atoms with Crippen LogP contribution in [-0.2, 0) is 4.74 Å². The minimum Gasteiger partial charge on any atom is -0.444 e. The van der Waals surface area contributed by atoms with Gasteiger partial charge in [-0.05, 0) is 53.0 Å². The molecule has 0 aliphatic carbocycles. The summed E-state index contributed by atoms with van der Waals surface area (Å²) in [7, 11) is 0. The van der Waals surface area contributed by atoms with Crippen LogP contribution in [0.3, 0.4) is 0 Å². The van der Waals surface area contributed by atoms with Crippen molar-refractivity contribution in [2.75, 3.05) is 18.0 Å². The highest BCUT2D eigenvalue weighted by atomic mass is 16.6. The Hall–Kier alpha value is -2.38. The van der Waals surface area contributed by atoms with E-state index in [4.69, 9.17) is 4.74 Å². The molecule has 1 fully saturated rings. The fraction of sp³-hybridized carbons (Fsp3) is 0.647. The van der Waals surface area contributed by atoms with Crippen LogP contribution in [0, 0.1) is 17.0 Å². The highest BCUT2D eigenvalue weighted by Gasteiger charge is 2.26. The van der Waals surface area contributed by atoms with E-state index in [1.807, 2.05) is 20.8 Å². The molecule has 1 aliphatic rings. The lowest BCUT2D eigenvalue weighted by Gasteiger charge is -2.37. The highest BCUT2D eigenvalue weighted by molar-refractivity contribution is 5.67. The molecule has 1 aromatic rings. The van der Waals surface area contributed by atoms with Gasteiger partial charge in [-0.25, -0.2) is 9.78 Å². The van der Waals surface area contributed by atoms with Gasteiger partial charge in [0.25, 0.3) is 5.69 Å². The Labute approximate surface area is 147 Å². The van der Waals surface area contributed by atoms with Crippen LogP contribution in [0.1, 0.15) is 45.6 Å². The molecule has 2 rings (SSSR count). The number of amides is 1. The van der Waals surface area contributed by atoms with Crippen LogP contribution < -0.4 is 10.2 Å². The zero-order valence-electron chi connectivity index (χ0n) is 15.2. The van der Waals surface area contributed by atoms with Crippen LogP contribution in [0.4, 0.5) is 16.3 Å². The Morgan fingerprint density at radius 2 is 2.20 bits per heavy atom. The number of piperidine rings is 1. The summed E-state index contributed by atoms with van der Waals surface area (Å²) in [6, 6.07) is 1.83. The number of ether oxygens (including phenoxy) is 1. The average Bonchev–Trinajstić information content (AvgIpc) is 2.51. The van der Waals surface area contributed by atoms with E-state index in [1.165, 1.54) is 6.20 Å². The van der Waals surface area contributed by atoms with Crippen molar-refractivity contribution in [1.29, 1.82) is 0 Å². The van der Waals surface area contributed by atoms with E-state index in [1.54, 1.807) is 13.0 Å². The third-order valence-electron chi connectivity index (χ3n) is 4.07. The van der Waals surface area contributed by atoms with Gasteiger partial charge >= 0.3 is 6.09 Å². The van der Waals surface area contributed by atoms with E-state index >= 15 is 0 Å². The van der Waals surface area contributed by atoms with E-state index in [0.29, 0.717) is 17.9 Å². The smallest absolute Gasteiger partial charge is 0.407 e. The molecule has 1 aromatic heterocycles. The van der Waals surface area contributed by atoms with Gasteiger partial charge in [0.2, 0.25) is 0 Å². The number of carbonyl (C=O) groups is 1. The van der Waals surface area contributed by atoms with Crippen LogP contribution in [0.25, 0.3) is 0 Å².